The quantitative estimate of drug-likeness (QED) is 0.505. The number of thiophene rings is 1. The minimum absolute atomic E-state index is 0.0634. The van der Waals surface area contributed by atoms with E-state index in [0.717, 1.165) is 29.0 Å². The number of nitrogens with two attached hydrogens (primary N) is 1. The predicted octanol–water partition coefficient (Wildman–Crippen LogP) is 3.07. The third kappa shape index (κ3) is 3.46. The van der Waals surface area contributed by atoms with Crippen LogP contribution in [0.1, 0.15) is 12.0 Å². The van der Waals surface area contributed by atoms with E-state index in [4.69, 9.17) is 15.5 Å². The SMILES string of the molecule is COc1ccc(-n2c(SCC(N)=O)nc3sc4c(c3c2=O)CCCS4)cc1. The Bertz CT molecular complexity index is 1070. The van der Waals surface area contributed by atoms with E-state index in [9.17, 15) is 9.59 Å². The summed E-state index contributed by atoms with van der Waals surface area (Å²) in [6.07, 6.45) is 1.96. The largest absolute Gasteiger partial charge is 0.497 e. The van der Waals surface area contributed by atoms with Crippen LogP contribution in [0.15, 0.2) is 38.4 Å². The molecule has 1 aliphatic rings. The highest BCUT2D eigenvalue weighted by Gasteiger charge is 2.23. The zero-order valence-corrected chi connectivity index (χ0v) is 17.0. The molecular weight excluding hydrogens is 402 g/mol. The van der Waals surface area contributed by atoms with Crippen molar-refractivity contribution in [2.75, 3.05) is 18.6 Å². The van der Waals surface area contributed by atoms with Gasteiger partial charge in [-0.1, -0.05) is 11.8 Å². The lowest BCUT2D eigenvalue weighted by molar-refractivity contribution is -0.115. The Kier molecular flexibility index (Phi) is 5.16. The van der Waals surface area contributed by atoms with E-state index in [1.807, 2.05) is 12.1 Å². The Balaban J connectivity index is 1.94. The van der Waals surface area contributed by atoms with Crippen molar-refractivity contribution in [3.05, 3.63) is 40.2 Å². The Morgan fingerprint density at radius 2 is 2.15 bits per heavy atom. The fraction of sp³-hybridized carbons (Fsp3) is 0.278. The number of ether oxygens (including phenoxy) is 1. The van der Waals surface area contributed by atoms with E-state index in [1.165, 1.54) is 16.0 Å². The minimum atomic E-state index is -0.448. The molecule has 6 nitrogen and oxygen atoms in total. The minimum Gasteiger partial charge on any atom is -0.497 e. The average molecular weight is 420 g/mol. The molecule has 0 spiro atoms. The Morgan fingerprint density at radius 1 is 1.37 bits per heavy atom. The van der Waals surface area contributed by atoms with Crippen LogP contribution in [-0.4, -0.2) is 34.1 Å². The van der Waals surface area contributed by atoms with Crippen molar-refractivity contribution < 1.29 is 9.53 Å². The topological polar surface area (TPSA) is 87.2 Å². The third-order valence-corrected chi connectivity index (χ3v) is 7.72. The number of primary amides is 1. The Labute approximate surface area is 168 Å². The number of carbonyl (C=O) groups excluding carboxylic acids is 1. The maximum Gasteiger partial charge on any atom is 0.267 e. The standard InChI is InChI=1S/C18H17N3O3S3/c1-24-11-6-4-10(5-7-11)21-16(23)14-12-3-2-8-25-17(12)27-15(14)20-18(21)26-9-13(19)22/h4-7H,2-3,8-9H2,1H3,(H2,19,22). The summed E-state index contributed by atoms with van der Waals surface area (Å²) in [4.78, 5) is 30.2. The van der Waals surface area contributed by atoms with Crippen LogP contribution in [0.25, 0.3) is 15.9 Å². The lowest BCUT2D eigenvalue weighted by Gasteiger charge is -2.13. The number of aryl methyl sites for hydroxylation is 1. The molecule has 0 saturated carbocycles. The molecule has 27 heavy (non-hydrogen) atoms. The molecule has 0 radical (unpaired) electrons. The highest BCUT2D eigenvalue weighted by atomic mass is 32.2. The van der Waals surface area contributed by atoms with Crippen molar-refractivity contribution in [1.29, 1.82) is 0 Å². The van der Waals surface area contributed by atoms with Gasteiger partial charge < -0.3 is 10.5 Å². The average Bonchev–Trinajstić information content (AvgIpc) is 3.05. The molecule has 0 atom stereocenters. The third-order valence-electron chi connectivity index (χ3n) is 4.24. The number of carbonyl (C=O) groups is 1. The molecule has 3 aromatic rings. The monoisotopic (exact) mass is 419 g/mol. The van der Waals surface area contributed by atoms with Gasteiger partial charge in [-0.05, 0) is 48.4 Å². The number of benzene rings is 1. The summed E-state index contributed by atoms with van der Waals surface area (Å²) in [6, 6.07) is 7.23. The first-order valence-electron chi connectivity index (χ1n) is 8.35. The zero-order valence-electron chi connectivity index (χ0n) is 14.6. The van der Waals surface area contributed by atoms with Crippen molar-refractivity contribution in [2.24, 2.45) is 5.73 Å². The number of rotatable bonds is 5. The molecule has 2 aromatic heterocycles. The second-order valence-corrected chi connectivity index (χ2v) is 9.29. The van der Waals surface area contributed by atoms with Crippen LogP contribution in [-0.2, 0) is 11.2 Å². The van der Waals surface area contributed by atoms with Crippen LogP contribution in [0.3, 0.4) is 0 Å². The van der Waals surface area contributed by atoms with E-state index in [2.05, 4.69) is 0 Å². The van der Waals surface area contributed by atoms with Crippen molar-refractivity contribution in [2.45, 2.75) is 22.2 Å². The molecule has 1 amide bonds. The molecule has 140 valence electrons. The van der Waals surface area contributed by atoms with Gasteiger partial charge in [0.25, 0.3) is 5.56 Å². The predicted molar refractivity (Wildman–Crippen MR) is 111 cm³/mol. The normalized spacial score (nSPS) is 13.5. The van der Waals surface area contributed by atoms with Crippen molar-refractivity contribution in [1.82, 2.24) is 9.55 Å². The lowest BCUT2D eigenvalue weighted by atomic mass is 10.1. The Hall–Kier alpha value is -1.97. The van der Waals surface area contributed by atoms with Gasteiger partial charge in [0.05, 0.1) is 28.1 Å². The van der Waals surface area contributed by atoms with Gasteiger partial charge in [-0.15, -0.1) is 23.1 Å². The van der Waals surface area contributed by atoms with Gasteiger partial charge in [0, 0.05) is 0 Å². The summed E-state index contributed by atoms with van der Waals surface area (Å²) in [5.74, 6) is 1.39. The second kappa shape index (κ2) is 7.57. The lowest BCUT2D eigenvalue weighted by Crippen LogP contribution is -2.23. The molecule has 0 bridgehead atoms. The van der Waals surface area contributed by atoms with Crippen LogP contribution >= 0.6 is 34.9 Å². The fourth-order valence-electron chi connectivity index (χ4n) is 3.02. The number of hydrogen-bond donors (Lipinski definition) is 1. The molecule has 4 rings (SSSR count). The maximum atomic E-state index is 13.4. The summed E-state index contributed by atoms with van der Waals surface area (Å²) >= 11 is 4.53. The number of aromatic nitrogens is 2. The van der Waals surface area contributed by atoms with Gasteiger partial charge in [0.1, 0.15) is 10.6 Å². The zero-order chi connectivity index (χ0) is 19.0. The van der Waals surface area contributed by atoms with E-state index in [0.29, 0.717) is 22.0 Å². The number of methoxy groups -OCH3 is 1. The van der Waals surface area contributed by atoms with Crippen LogP contribution in [0.4, 0.5) is 0 Å². The van der Waals surface area contributed by atoms with Crippen molar-refractivity contribution in [3.8, 4) is 11.4 Å². The molecule has 1 aliphatic heterocycles. The molecule has 0 saturated heterocycles. The van der Waals surface area contributed by atoms with Gasteiger partial charge in [0.2, 0.25) is 5.91 Å². The molecular formula is C18H17N3O3S3. The molecule has 2 N–H and O–H groups in total. The first-order chi connectivity index (χ1) is 13.1. The van der Waals surface area contributed by atoms with E-state index in [1.54, 1.807) is 46.9 Å². The van der Waals surface area contributed by atoms with Gasteiger partial charge in [0.15, 0.2) is 5.16 Å². The fourth-order valence-corrected chi connectivity index (χ4v) is 6.34. The maximum absolute atomic E-state index is 13.4. The number of amides is 1. The van der Waals surface area contributed by atoms with Crippen molar-refractivity contribution >= 4 is 51.0 Å². The summed E-state index contributed by atoms with van der Waals surface area (Å²) in [6.45, 7) is 0. The molecule has 0 aliphatic carbocycles. The van der Waals surface area contributed by atoms with E-state index >= 15 is 0 Å². The van der Waals surface area contributed by atoms with Gasteiger partial charge in [-0.2, -0.15) is 0 Å². The molecule has 9 heteroatoms. The number of nitrogens with zero attached hydrogens (tertiary/aromatic N) is 2. The van der Waals surface area contributed by atoms with Gasteiger partial charge in [-0.3, -0.25) is 14.2 Å². The summed E-state index contributed by atoms with van der Waals surface area (Å²) < 4.78 is 7.96. The van der Waals surface area contributed by atoms with Crippen LogP contribution in [0.5, 0.6) is 5.75 Å². The summed E-state index contributed by atoms with van der Waals surface area (Å²) in [7, 11) is 1.60. The summed E-state index contributed by atoms with van der Waals surface area (Å²) in [5, 5.41) is 1.17. The first-order valence-corrected chi connectivity index (χ1v) is 11.1. The molecule has 1 aromatic carbocycles. The first kappa shape index (κ1) is 18.4. The number of thioether (sulfide) groups is 2. The Morgan fingerprint density at radius 3 is 2.85 bits per heavy atom. The van der Waals surface area contributed by atoms with Crippen LogP contribution in [0.2, 0.25) is 0 Å². The van der Waals surface area contributed by atoms with E-state index < -0.39 is 5.91 Å². The summed E-state index contributed by atoms with van der Waals surface area (Å²) in [5.41, 5.74) is 7.00. The molecule has 3 heterocycles. The highest BCUT2D eigenvalue weighted by molar-refractivity contribution is 8.01. The van der Waals surface area contributed by atoms with Crippen LogP contribution in [0, 0.1) is 0 Å². The van der Waals surface area contributed by atoms with E-state index in [-0.39, 0.29) is 11.3 Å². The van der Waals surface area contributed by atoms with Crippen LogP contribution < -0.4 is 16.0 Å². The smallest absolute Gasteiger partial charge is 0.267 e. The van der Waals surface area contributed by atoms with Gasteiger partial charge >= 0.3 is 0 Å². The van der Waals surface area contributed by atoms with Gasteiger partial charge in [-0.25, -0.2) is 4.98 Å². The number of hydrogen-bond acceptors (Lipinski definition) is 7. The molecule has 0 unspecified atom stereocenters. The second-order valence-electron chi connectivity index (χ2n) is 5.99. The number of fused-ring (bicyclic) bond motifs is 3. The van der Waals surface area contributed by atoms with Crippen molar-refractivity contribution in [3.63, 3.8) is 0 Å². The molecule has 0 fully saturated rings. The highest BCUT2D eigenvalue weighted by Crippen LogP contribution is 2.40.